The van der Waals surface area contributed by atoms with Gasteiger partial charge in [-0.2, -0.15) is 0 Å². The first-order valence-corrected chi connectivity index (χ1v) is 5.90. The molecule has 1 fully saturated rings. The Labute approximate surface area is 99.4 Å². The zero-order chi connectivity index (χ0) is 11.7. The van der Waals surface area contributed by atoms with Gasteiger partial charge in [-0.15, -0.1) is 0 Å². The van der Waals surface area contributed by atoms with E-state index in [1.807, 2.05) is 24.3 Å². The van der Waals surface area contributed by atoms with Crippen LogP contribution < -0.4 is 0 Å². The van der Waals surface area contributed by atoms with E-state index < -0.39 is 5.41 Å². The van der Waals surface area contributed by atoms with Gasteiger partial charge in [0.15, 0.2) is 0 Å². The summed E-state index contributed by atoms with van der Waals surface area (Å²) in [4.78, 5) is 11.6. The molecule has 17 heavy (non-hydrogen) atoms. The second kappa shape index (κ2) is 3.91. The van der Waals surface area contributed by atoms with E-state index in [0.29, 0.717) is 0 Å². The van der Waals surface area contributed by atoms with E-state index in [4.69, 9.17) is 8.83 Å². The summed E-state index contributed by atoms with van der Waals surface area (Å²) < 4.78 is 10.9. The van der Waals surface area contributed by atoms with Gasteiger partial charge in [-0.1, -0.05) is 6.42 Å². The molecule has 2 atom stereocenters. The van der Waals surface area contributed by atoms with Crippen LogP contribution in [0.15, 0.2) is 45.6 Å². The molecule has 3 rings (SSSR count). The zero-order valence-electron chi connectivity index (χ0n) is 9.46. The third kappa shape index (κ3) is 1.46. The van der Waals surface area contributed by atoms with Crippen molar-refractivity contribution in [3.8, 4) is 0 Å². The van der Waals surface area contributed by atoms with Gasteiger partial charge in [-0.3, -0.25) is 0 Å². The summed E-state index contributed by atoms with van der Waals surface area (Å²) in [5, 5.41) is 0. The molecule has 1 aliphatic carbocycles. The molecule has 0 aromatic carbocycles. The lowest BCUT2D eigenvalue weighted by Gasteiger charge is -2.26. The summed E-state index contributed by atoms with van der Waals surface area (Å²) in [6, 6.07) is 7.52. The molecule has 0 amide bonds. The molecule has 2 heterocycles. The Morgan fingerprint density at radius 3 is 2.71 bits per heavy atom. The van der Waals surface area contributed by atoms with Crippen LogP contribution in [-0.2, 0) is 10.2 Å². The topological polar surface area (TPSA) is 43.4 Å². The van der Waals surface area contributed by atoms with E-state index in [0.717, 1.165) is 37.1 Å². The summed E-state index contributed by atoms with van der Waals surface area (Å²) in [6.45, 7) is 0. The Bertz CT molecular complexity index is 484. The van der Waals surface area contributed by atoms with Crippen LogP contribution in [0.5, 0.6) is 0 Å². The lowest BCUT2D eigenvalue weighted by atomic mass is 9.76. The second-order valence-electron chi connectivity index (χ2n) is 4.60. The van der Waals surface area contributed by atoms with Gasteiger partial charge in [-0.25, -0.2) is 0 Å². The monoisotopic (exact) mass is 230 g/mol. The van der Waals surface area contributed by atoms with Crippen molar-refractivity contribution in [2.24, 2.45) is 0 Å². The minimum absolute atomic E-state index is 0.0983. The Morgan fingerprint density at radius 2 is 2.06 bits per heavy atom. The molecule has 88 valence electrons. The lowest BCUT2D eigenvalue weighted by Crippen LogP contribution is -2.30. The van der Waals surface area contributed by atoms with Crippen LogP contribution in [0.25, 0.3) is 0 Å². The molecule has 0 N–H and O–H groups in total. The Kier molecular flexibility index (Phi) is 2.39. The van der Waals surface area contributed by atoms with Crippen molar-refractivity contribution in [3.63, 3.8) is 0 Å². The van der Waals surface area contributed by atoms with Crippen LogP contribution in [-0.4, -0.2) is 6.29 Å². The van der Waals surface area contributed by atoms with Crippen LogP contribution >= 0.6 is 0 Å². The van der Waals surface area contributed by atoms with Crippen LogP contribution in [0.1, 0.15) is 36.7 Å². The van der Waals surface area contributed by atoms with Crippen LogP contribution in [0, 0.1) is 0 Å². The number of hydrogen-bond donors (Lipinski definition) is 0. The van der Waals surface area contributed by atoms with Gasteiger partial charge < -0.3 is 13.6 Å². The highest BCUT2D eigenvalue weighted by atomic mass is 16.3. The predicted octanol–water partition coefficient (Wildman–Crippen LogP) is 3.28. The smallest absolute Gasteiger partial charge is 0.134 e. The second-order valence-corrected chi connectivity index (χ2v) is 4.60. The molecule has 0 bridgehead atoms. The van der Waals surface area contributed by atoms with Crippen molar-refractivity contribution in [1.82, 2.24) is 0 Å². The quantitative estimate of drug-likeness (QED) is 0.760. The summed E-state index contributed by atoms with van der Waals surface area (Å²) in [6.07, 6.45) is 7.13. The molecule has 2 unspecified atom stereocenters. The minimum Gasteiger partial charge on any atom is -0.469 e. The molecule has 2 aromatic heterocycles. The fourth-order valence-corrected chi connectivity index (χ4v) is 2.95. The molecule has 2 aromatic rings. The SMILES string of the molecule is O=CC1(c2ccco2)CCCC1c1ccco1. The molecule has 0 spiro atoms. The third-order valence-corrected chi connectivity index (χ3v) is 3.78. The average Bonchev–Trinajstić information content (AvgIpc) is 3.10. The first-order valence-electron chi connectivity index (χ1n) is 5.90. The number of carbonyl (C=O) groups excluding carboxylic acids is 1. The number of hydrogen-bond acceptors (Lipinski definition) is 3. The molecule has 1 aliphatic rings. The Balaban J connectivity index is 2.07. The first-order chi connectivity index (χ1) is 8.37. The predicted molar refractivity (Wildman–Crippen MR) is 61.8 cm³/mol. The highest BCUT2D eigenvalue weighted by molar-refractivity contribution is 5.70. The molecule has 3 heteroatoms. The van der Waals surface area contributed by atoms with E-state index >= 15 is 0 Å². The summed E-state index contributed by atoms with van der Waals surface area (Å²) in [5.74, 6) is 1.73. The van der Waals surface area contributed by atoms with Gasteiger partial charge in [0.05, 0.1) is 17.9 Å². The first kappa shape index (κ1) is 10.4. The molecule has 0 radical (unpaired) electrons. The van der Waals surface area contributed by atoms with Crippen molar-refractivity contribution < 1.29 is 13.6 Å². The van der Waals surface area contributed by atoms with Crippen LogP contribution in [0.3, 0.4) is 0 Å². The van der Waals surface area contributed by atoms with E-state index in [2.05, 4.69) is 0 Å². The Morgan fingerprint density at radius 1 is 1.24 bits per heavy atom. The average molecular weight is 230 g/mol. The normalized spacial score (nSPS) is 28.4. The van der Waals surface area contributed by atoms with Crippen molar-refractivity contribution in [2.45, 2.75) is 30.6 Å². The van der Waals surface area contributed by atoms with Crippen LogP contribution in [0.4, 0.5) is 0 Å². The van der Waals surface area contributed by atoms with E-state index in [1.54, 1.807) is 12.5 Å². The maximum absolute atomic E-state index is 11.6. The number of furan rings is 2. The van der Waals surface area contributed by atoms with Crippen molar-refractivity contribution in [2.75, 3.05) is 0 Å². The van der Waals surface area contributed by atoms with E-state index in [1.165, 1.54) is 0 Å². The highest BCUT2D eigenvalue weighted by Gasteiger charge is 2.48. The fraction of sp³-hybridized carbons (Fsp3) is 0.357. The lowest BCUT2D eigenvalue weighted by molar-refractivity contribution is -0.113. The van der Waals surface area contributed by atoms with Gasteiger partial charge in [-0.05, 0) is 37.1 Å². The number of rotatable bonds is 3. The van der Waals surface area contributed by atoms with Crippen molar-refractivity contribution in [1.29, 1.82) is 0 Å². The van der Waals surface area contributed by atoms with Gasteiger partial charge in [0.1, 0.15) is 17.8 Å². The Hall–Kier alpha value is -1.77. The molecule has 0 saturated heterocycles. The van der Waals surface area contributed by atoms with Gasteiger partial charge in [0.2, 0.25) is 0 Å². The zero-order valence-corrected chi connectivity index (χ0v) is 9.46. The summed E-state index contributed by atoms with van der Waals surface area (Å²) in [5.41, 5.74) is -0.540. The highest BCUT2D eigenvalue weighted by Crippen LogP contribution is 2.50. The van der Waals surface area contributed by atoms with Gasteiger partial charge in [0.25, 0.3) is 0 Å². The summed E-state index contributed by atoms with van der Waals surface area (Å²) in [7, 11) is 0. The van der Waals surface area contributed by atoms with Crippen LogP contribution in [0.2, 0.25) is 0 Å². The largest absolute Gasteiger partial charge is 0.469 e. The molecule has 1 saturated carbocycles. The number of aldehydes is 1. The minimum atomic E-state index is -0.540. The molecular weight excluding hydrogens is 216 g/mol. The fourth-order valence-electron chi connectivity index (χ4n) is 2.95. The third-order valence-electron chi connectivity index (χ3n) is 3.78. The molecule has 3 nitrogen and oxygen atoms in total. The van der Waals surface area contributed by atoms with E-state index in [9.17, 15) is 4.79 Å². The van der Waals surface area contributed by atoms with Gasteiger partial charge >= 0.3 is 0 Å². The molecular formula is C14H14O3. The molecule has 0 aliphatic heterocycles. The number of carbonyl (C=O) groups is 1. The van der Waals surface area contributed by atoms with Crippen molar-refractivity contribution >= 4 is 6.29 Å². The van der Waals surface area contributed by atoms with Crippen molar-refractivity contribution in [3.05, 3.63) is 48.3 Å². The summed E-state index contributed by atoms with van der Waals surface area (Å²) >= 11 is 0. The standard InChI is InChI=1S/C14H14O3/c15-10-14(13-6-3-9-17-13)7-1-4-11(14)12-5-2-8-16-12/h2-3,5-6,8-11H,1,4,7H2. The van der Waals surface area contributed by atoms with E-state index in [-0.39, 0.29) is 5.92 Å². The maximum Gasteiger partial charge on any atom is 0.134 e. The van der Waals surface area contributed by atoms with Gasteiger partial charge in [0, 0.05) is 5.92 Å². The maximum atomic E-state index is 11.6.